The van der Waals surface area contributed by atoms with Gasteiger partial charge in [0.2, 0.25) is 11.8 Å². The van der Waals surface area contributed by atoms with Gasteiger partial charge in [-0.25, -0.2) is 0 Å². The molecule has 0 spiro atoms. The Morgan fingerprint density at radius 2 is 1.52 bits per heavy atom. The van der Waals surface area contributed by atoms with Crippen molar-refractivity contribution in [3.05, 3.63) is 35.9 Å². The van der Waals surface area contributed by atoms with Crippen LogP contribution >= 0.6 is 0 Å². The van der Waals surface area contributed by atoms with Crippen LogP contribution in [0.4, 0.5) is 0 Å². The van der Waals surface area contributed by atoms with Crippen molar-refractivity contribution < 1.29 is 9.59 Å². The van der Waals surface area contributed by atoms with E-state index in [1.165, 1.54) is 0 Å². The molecule has 2 fully saturated rings. The highest BCUT2D eigenvalue weighted by atomic mass is 16.2. The minimum atomic E-state index is -0.673. The zero-order valence-electron chi connectivity index (χ0n) is 17.0. The fourth-order valence-electron chi connectivity index (χ4n) is 4.09. The molecule has 7 heteroatoms. The lowest BCUT2D eigenvalue weighted by atomic mass is 9.83. The Labute approximate surface area is 173 Å². The number of amides is 2. The highest BCUT2D eigenvalue weighted by Gasteiger charge is 2.34. The SMILES string of the molecule is N#CC1(NC(=O)CN2CCN(CC(=O)NCc3ccccc3)CC2)CCCCC1. The number of nitriles is 1. The molecule has 0 radical (unpaired) electrons. The van der Waals surface area contributed by atoms with Gasteiger partial charge in [-0.2, -0.15) is 5.26 Å². The van der Waals surface area contributed by atoms with E-state index in [2.05, 4.69) is 26.5 Å². The number of carbonyl (C=O) groups is 2. The standard InChI is InChI=1S/C22H31N5O2/c23-18-22(9-5-2-6-10-22)25-21(29)17-27-13-11-26(12-14-27)16-20(28)24-15-19-7-3-1-4-8-19/h1,3-4,7-8H,2,5-6,9-17H2,(H,24,28)(H,25,29). The number of benzene rings is 1. The normalized spacial score (nSPS) is 19.8. The molecular weight excluding hydrogens is 366 g/mol. The van der Waals surface area contributed by atoms with Crippen LogP contribution in [0.2, 0.25) is 0 Å². The molecule has 1 aromatic rings. The summed E-state index contributed by atoms with van der Waals surface area (Å²) in [7, 11) is 0. The zero-order valence-corrected chi connectivity index (χ0v) is 17.0. The third-order valence-corrected chi connectivity index (χ3v) is 5.83. The molecule has 0 aromatic heterocycles. The molecule has 1 heterocycles. The van der Waals surface area contributed by atoms with Crippen LogP contribution in [0.3, 0.4) is 0 Å². The molecule has 2 amide bonds. The summed E-state index contributed by atoms with van der Waals surface area (Å²) in [5.74, 6) is -0.0455. The quantitative estimate of drug-likeness (QED) is 0.723. The predicted molar refractivity (Wildman–Crippen MR) is 111 cm³/mol. The summed E-state index contributed by atoms with van der Waals surface area (Å²) in [4.78, 5) is 28.8. The van der Waals surface area contributed by atoms with E-state index in [0.29, 0.717) is 19.6 Å². The minimum Gasteiger partial charge on any atom is -0.351 e. The van der Waals surface area contributed by atoms with Crippen LogP contribution in [0.15, 0.2) is 30.3 Å². The van der Waals surface area contributed by atoms with Crippen LogP contribution in [0.1, 0.15) is 37.7 Å². The van der Waals surface area contributed by atoms with E-state index >= 15 is 0 Å². The molecule has 1 aromatic carbocycles. The lowest BCUT2D eigenvalue weighted by molar-refractivity contribution is -0.126. The number of hydrogen-bond donors (Lipinski definition) is 2. The van der Waals surface area contributed by atoms with Crippen LogP contribution in [-0.2, 0) is 16.1 Å². The van der Waals surface area contributed by atoms with Crippen molar-refractivity contribution in [1.29, 1.82) is 5.26 Å². The Balaban J connectivity index is 1.35. The summed E-state index contributed by atoms with van der Waals surface area (Å²) in [5.41, 5.74) is 0.415. The average Bonchev–Trinajstić information content (AvgIpc) is 2.75. The van der Waals surface area contributed by atoms with Crippen molar-refractivity contribution >= 4 is 11.8 Å². The van der Waals surface area contributed by atoms with E-state index in [1.54, 1.807) is 0 Å². The molecule has 156 valence electrons. The Bertz CT molecular complexity index is 716. The molecule has 2 aliphatic rings. The first kappa shape index (κ1) is 21.3. The molecule has 1 aliphatic heterocycles. The van der Waals surface area contributed by atoms with Crippen LogP contribution < -0.4 is 10.6 Å². The summed E-state index contributed by atoms with van der Waals surface area (Å²) in [5, 5.41) is 15.5. The summed E-state index contributed by atoms with van der Waals surface area (Å²) in [6.45, 7) is 4.26. The van der Waals surface area contributed by atoms with Crippen molar-refractivity contribution in [1.82, 2.24) is 20.4 Å². The molecule has 3 rings (SSSR count). The Morgan fingerprint density at radius 3 is 2.10 bits per heavy atom. The lowest BCUT2D eigenvalue weighted by Crippen LogP contribution is -2.55. The van der Waals surface area contributed by atoms with Crippen molar-refractivity contribution in [2.45, 2.75) is 44.2 Å². The summed E-state index contributed by atoms with van der Waals surface area (Å²) < 4.78 is 0. The number of nitrogens with zero attached hydrogens (tertiary/aromatic N) is 3. The van der Waals surface area contributed by atoms with Crippen molar-refractivity contribution in [2.24, 2.45) is 0 Å². The minimum absolute atomic E-state index is 0.0216. The highest BCUT2D eigenvalue weighted by Crippen LogP contribution is 2.27. The molecule has 1 saturated heterocycles. The third kappa shape index (κ3) is 6.55. The van der Waals surface area contributed by atoms with Crippen molar-refractivity contribution in [3.63, 3.8) is 0 Å². The van der Waals surface area contributed by atoms with Gasteiger partial charge < -0.3 is 10.6 Å². The van der Waals surface area contributed by atoms with Gasteiger partial charge in [0, 0.05) is 32.7 Å². The molecule has 1 saturated carbocycles. The van der Waals surface area contributed by atoms with Gasteiger partial charge in [-0.15, -0.1) is 0 Å². The third-order valence-electron chi connectivity index (χ3n) is 5.83. The van der Waals surface area contributed by atoms with Gasteiger partial charge in [0.05, 0.1) is 19.2 Å². The maximum Gasteiger partial charge on any atom is 0.235 e. The van der Waals surface area contributed by atoms with Crippen LogP contribution in [0.5, 0.6) is 0 Å². The second-order valence-electron chi connectivity index (χ2n) is 8.12. The van der Waals surface area contributed by atoms with Gasteiger partial charge in [0.25, 0.3) is 0 Å². The summed E-state index contributed by atoms with van der Waals surface area (Å²) in [6.07, 6.45) is 4.64. The first-order valence-corrected chi connectivity index (χ1v) is 10.6. The van der Waals surface area contributed by atoms with Gasteiger partial charge in [-0.1, -0.05) is 49.6 Å². The van der Waals surface area contributed by atoms with E-state index in [4.69, 9.17) is 0 Å². The second kappa shape index (κ2) is 10.4. The Hall–Kier alpha value is -2.43. The Morgan fingerprint density at radius 1 is 0.931 bits per heavy atom. The van der Waals surface area contributed by atoms with Gasteiger partial charge in [-0.3, -0.25) is 19.4 Å². The predicted octanol–water partition coefficient (Wildman–Crippen LogP) is 1.26. The van der Waals surface area contributed by atoms with E-state index in [9.17, 15) is 14.9 Å². The van der Waals surface area contributed by atoms with E-state index < -0.39 is 5.54 Å². The first-order chi connectivity index (χ1) is 14.1. The monoisotopic (exact) mass is 397 g/mol. The molecule has 7 nitrogen and oxygen atoms in total. The molecule has 0 unspecified atom stereocenters. The highest BCUT2D eigenvalue weighted by molar-refractivity contribution is 5.79. The fraction of sp³-hybridized carbons (Fsp3) is 0.591. The van der Waals surface area contributed by atoms with Crippen LogP contribution in [0.25, 0.3) is 0 Å². The second-order valence-corrected chi connectivity index (χ2v) is 8.12. The molecule has 29 heavy (non-hydrogen) atoms. The number of nitrogens with one attached hydrogen (secondary N) is 2. The fourth-order valence-corrected chi connectivity index (χ4v) is 4.09. The van der Waals surface area contributed by atoms with Gasteiger partial charge in [0.15, 0.2) is 0 Å². The van der Waals surface area contributed by atoms with Crippen LogP contribution in [-0.4, -0.2) is 66.4 Å². The first-order valence-electron chi connectivity index (χ1n) is 10.6. The molecule has 0 atom stereocenters. The maximum absolute atomic E-state index is 12.4. The maximum atomic E-state index is 12.4. The Kier molecular flexibility index (Phi) is 7.62. The number of piperazine rings is 1. The van der Waals surface area contributed by atoms with E-state index in [0.717, 1.165) is 63.8 Å². The van der Waals surface area contributed by atoms with Crippen LogP contribution in [0, 0.1) is 11.3 Å². The van der Waals surface area contributed by atoms with Crippen molar-refractivity contribution in [3.8, 4) is 6.07 Å². The molecule has 1 aliphatic carbocycles. The van der Waals surface area contributed by atoms with Crippen molar-refractivity contribution in [2.75, 3.05) is 39.3 Å². The smallest absolute Gasteiger partial charge is 0.235 e. The van der Waals surface area contributed by atoms with Gasteiger partial charge in [0.1, 0.15) is 5.54 Å². The molecule has 0 bridgehead atoms. The number of rotatable bonds is 7. The number of carbonyl (C=O) groups excluding carboxylic acids is 2. The topological polar surface area (TPSA) is 88.5 Å². The zero-order chi connectivity index (χ0) is 20.5. The van der Waals surface area contributed by atoms with E-state index in [-0.39, 0.29) is 11.8 Å². The van der Waals surface area contributed by atoms with Gasteiger partial charge in [-0.05, 0) is 18.4 Å². The molecular formula is C22H31N5O2. The molecule has 2 N–H and O–H groups in total. The van der Waals surface area contributed by atoms with E-state index in [1.807, 2.05) is 30.3 Å². The summed E-state index contributed by atoms with van der Waals surface area (Å²) >= 11 is 0. The largest absolute Gasteiger partial charge is 0.351 e. The lowest BCUT2D eigenvalue weighted by Gasteiger charge is -2.35. The number of hydrogen-bond acceptors (Lipinski definition) is 5. The summed E-state index contributed by atoms with van der Waals surface area (Å²) in [6, 6.07) is 12.2. The van der Waals surface area contributed by atoms with Gasteiger partial charge >= 0.3 is 0 Å². The average molecular weight is 398 g/mol.